The number of halogens is 1. The van der Waals surface area contributed by atoms with Gasteiger partial charge in [0.2, 0.25) is 5.91 Å². The van der Waals surface area contributed by atoms with Crippen LogP contribution in [0.25, 0.3) is 0 Å². The lowest BCUT2D eigenvalue weighted by molar-refractivity contribution is -0.121. The van der Waals surface area contributed by atoms with Crippen LogP contribution in [0.4, 0.5) is 0 Å². The van der Waals surface area contributed by atoms with Crippen molar-refractivity contribution in [2.24, 2.45) is 0 Å². The Morgan fingerprint density at radius 2 is 2.00 bits per heavy atom. The normalized spacial score (nSPS) is 10.9. The lowest BCUT2D eigenvalue weighted by Gasteiger charge is -2.20. The van der Waals surface area contributed by atoms with Gasteiger partial charge in [0.05, 0.1) is 12.1 Å². The van der Waals surface area contributed by atoms with Crippen molar-refractivity contribution in [3.05, 3.63) is 29.0 Å². The van der Waals surface area contributed by atoms with E-state index in [-0.39, 0.29) is 23.9 Å². The van der Waals surface area contributed by atoms with E-state index in [0.717, 1.165) is 0 Å². The van der Waals surface area contributed by atoms with Crippen molar-refractivity contribution in [1.29, 1.82) is 0 Å². The van der Waals surface area contributed by atoms with Gasteiger partial charge in [-0.3, -0.25) is 9.59 Å². The van der Waals surface area contributed by atoms with Crippen LogP contribution in [0.5, 0.6) is 0 Å². The fraction of sp³-hybridized carbons (Fsp3) is 0.417. The Morgan fingerprint density at radius 1 is 1.33 bits per heavy atom. The SMILES string of the molecule is CC(C)(C)NC(=O)CNC(=O)c1ccc(Cl)nc1. The highest BCUT2D eigenvalue weighted by Gasteiger charge is 2.14. The van der Waals surface area contributed by atoms with Crippen molar-refractivity contribution < 1.29 is 9.59 Å². The van der Waals surface area contributed by atoms with Gasteiger partial charge in [0, 0.05) is 11.7 Å². The molecule has 1 aromatic rings. The van der Waals surface area contributed by atoms with Crippen molar-refractivity contribution in [2.45, 2.75) is 26.3 Å². The third kappa shape index (κ3) is 5.14. The number of nitrogens with one attached hydrogen (secondary N) is 2. The highest BCUT2D eigenvalue weighted by Crippen LogP contribution is 2.04. The summed E-state index contributed by atoms with van der Waals surface area (Å²) in [6.45, 7) is 5.54. The minimum Gasteiger partial charge on any atom is -0.350 e. The molecule has 1 aromatic heterocycles. The van der Waals surface area contributed by atoms with Gasteiger partial charge in [0.15, 0.2) is 0 Å². The molecule has 0 bridgehead atoms. The molecule has 0 unspecified atom stereocenters. The van der Waals surface area contributed by atoms with Crippen molar-refractivity contribution >= 4 is 23.4 Å². The zero-order valence-electron chi connectivity index (χ0n) is 10.6. The van der Waals surface area contributed by atoms with Crippen molar-refractivity contribution in [3.8, 4) is 0 Å². The van der Waals surface area contributed by atoms with Gasteiger partial charge in [0.25, 0.3) is 5.91 Å². The third-order valence-corrected chi connectivity index (χ3v) is 2.14. The first-order chi connectivity index (χ1) is 8.28. The van der Waals surface area contributed by atoms with E-state index in [0.29, 0.717) is 10.7 Å². The molecule has 5 nitrogen and oxygen atoms in total. The summed E-state index contributed by atoms with van der Waals surface area (Å²) < 4.78 is 0. The fourth-order valence-electron chi connectivity index (χ4n) is 1.24. The number of carbonyl (C=O) groups is 2. The molecule has 0 atom stereocenters. The number of rotatable bonds is 3. The standard InChI is InChI=1S/C12H16ClN3O2/c1-12(2,3)16-10(17)7-15-11(18)8-4-5-9(13)14-6-8/h4-6H,7H2,1-3H3,(H,15,18)(H,16,17). The molecular formula is C12H16ClN3O2. The van der Waals surface area contributed by atoms with Crippen LogP contribution < -0.4 is 10.6 Å². The Kier molecular flexibility index (Phi) is 4.67. The number of nitrogens with zero attached hydrogens (tertiary/aromatic N) is 1. The Balaban J connectivity index is 2.47. The second-order valence-corrected chi connectivity index (χ2v) is 5.24. The first kappa shape index (κ1) is 14.4. The second kappa shape index (κ2) is 5.82. The van der Waals surface area contributed by atoms with E-state index in [2.05, 4.69) is 15.6 Å². The molecule has 0 aromatic carbocycles. The first-order valence-electron chi connectivity index (χ1n) is 5.49. The van der Waals surface area contributed by atoms with Crippen LogP contribution in [-0.4, -0.2) is 28.9 Å². The largest absolute Gasteiger partial charge is 0.350 e. The smallest absolute Gasteiger partial charge is 0.253 e. The molecule has 0 saturated carbocycles. The van der Waals surface area contributed by atoms with Crippen molar-refractivity contribution in [1.82, 2.24) is 15.6 Å². The predicted molar refractivity (Wildman–Crippen MR) is 69.5 cm³/mol. The van der Waals surface area contributed by atoms with Crippen LogP contribution >= 0.6 is 11.6 Å². The quantitative estimate of drug-likeness (QED) is 0.815. The Hall–Kier alpha value is -1.62. The van der Waals surface area contributed by atoms with E-state index >= 15 is 0 Å². The monoisotopic (exact) mass is 269 g/mol. The van der Waals surface area contributed by atoms with E-state index in [4.69, 9.17) is 11.6 Å². The summed E-state index contributed by atoms with van der Waals surface area (Å²) in [5, 5.41) is 5.57. The summed E-state index contributed by atoms with van der Waals surface area (Å²) in [5.41, 5.74) is 0.0480. The molecule has 1 rings (SSSR count). The third-order valence-electron chi connectivity index (χ3n) is 1.91. The molecule has 0 aliphatic rings. The molecule has 0 radical (unpaired) electrons. The van der Waals surface area contributed by atoms with Gasteiger partial charge in [0.1, 0.15) is 5.15 Å². The molecule has 0 aliphatic heterocycles. The molecule has 2 amide bonds. The molecule has 0 spiro atoms. The minimum atomic E-state index is -0.358. The van der Waals surface area contributed by atoms with Crippen molar-refractivity contribution in [3.63, 3.8) is 0 Å². The zero-order valence-corrected chi connectivity index (χ0v) is 11.3. The maximum absolute atomic E-state index is 11.7. The van der Waals surface area contributed by atoms with E-state index in [1.807, 2.05) is 20.8 Å². The maximum atomic E-state index is 11.7. The number of aromatic nitrogens is 1. The van der Waals surface area contributed by atoms with Gasteiger partial charge in [-0.2, -0.15) is 0 Å². The van der Waals surface area contributed by atoms with E-state index in [9.17, 15) is 9.59 Å². The first-order valence-corrected chi connectivity index (χ1v) is 5.86. The Labute approximate surface area is 111 Å². The van der Waals surface area contributed by atoms with Gasteiger partial charge in [-0.05, 0) is 32.9 Å². The van der Waals surface area contributed by atoms with Crippen LogP contribution in [0.2, 0.25) is 5.15 Å². The van der Waals surface area contributed by atoms with E-state index < -0.39 is 0 Å². The molecule has 1 heterocycles. The fourth-order valence-corrected chi connectivity index (χ4v) is 1.35. The van der Waals surface area contributed by atoms with Crippen LogP contribution in [0.15, 0.2) is 18.3 Å². The second-order valence-electron chi connectivity index (χ2n) is 4.85. The van der Waals surface area contributed by atoms with Crippen molar-refractivity contribution in [2.75, 3.05) is 6.54 Å². The molecule has 6 heteroatoms. The Morgan fingerprint density at radius 3 is 2.50 bits per heavy atom. The van der Waals surface area contributed by atoms with E-state index in [1.54, 1.807) is 6.07 Å². The number of amides is 2. The summed E-state index contributed by atoms with van der Waals surface area (Å²) >= 11 is 5.61. The number of carbonyl (C=O) groups excluding carboxylic acids is 2. The van der Waals surface area contributed by atoms with Crippen LogP contribution in [0.1, 0.15) is 31.1 Å². The van der Waals surface area contributed by atoms with Gasteiger partial charge < -0.3 is 10.6 Å². The van der Waals surface area contributed by atoms with Gasteiger partial charge >= 0.3 is 0 Å². The van der Waals surface area contributed by atoms with E-state index in [1.165, 1.54) is 12.3 Å². The molecule has 0 fully saturated rings. The molecular weight excluding hydrogens is 254 g/mol. The summed E-state index contributed by atoms with van der Waals surface area (Å²) in [6.07, 6.45) is 1.36. The Bertz CT molecular complexity index is 438. The number of pyridine rings is 1. The summed E-state index contributed by atoms with van der Waals surface area (Å²) in [6, 6.07) is 3.07. The highest BCUT2D eigenvalue weighted by molar-refractivity contribution is 6.29. The minimum absolute atomic E-state index is 0.0707. The van der Waals surface area contributed by atoms with Gasteiger partial charge in [-0.1, -0.05) is 11.6 Å². The van der Waals surface area contributed by atoms with Crippen LogP contribution in [-0.2, 0) is 4.79 Å². The average molecular weight is 270 g/mol. The zero-order chi connectivity index (χ0) is 13.8. The van der Waals surface area contributed by atoms with Gasteiger partial charge in [-0.25, -0.2) is 4.98 Å². The van der Waals surface area contributed by atoms with Crippen LogP contribution in [0, 0.1) is 0 Å². The van der Waals surface area contributed by atoms with Gasteiger partial charge in [-0.15, -0.1) is 0 Å². The number of hydrogen-bond donors (Lipinski definition) is 2. The predicted octanol–water partition coefficient (Wildman–Crippen LogP) is 1.38. The summed E-state index contributed by atoms with van der Waals surface area (Å²) in [4.78, 5) is 26.9. The average Bonchev–Trinajstić information content (AvgIpc) is 2.24. The highest BCUT2D eigenvalue weighted by atomic mass is 35.5. The maximum Gasteiger partial charge on any atom is 0.253 e. The number of hydrogen-bond acceptors (Lipinski definition) is 3. The molecule has 18 heavy (non-hydrogen) atoms. The molecule has 98 valence electrons. The lowest BCUT2D eigenvalue weighted by Crippen LogP contribution is -2.45. The molecule has 0 saturated heterocycles. The lowest BCUT2D eigenvalue weighted by atomic mass is 10.1. The summed E-state index contributed by atoms with van der Waals surface area (Å²) in [7, 11) is 0. The topological polar surface area (TPSA) is 71.1 Å². The van der Waals surface area contributed by atoms with Crippen LogP contribution in [0.3, 0.4) is 0 Å². The molecule has 2 N–H and O–H groups in total. The molecule has 0 aliphatic carbocycles. The summed E-state index contributed by atoms with van der Waals surface area (Å²) in [5.74, 6) is -0.596.